The van der Waals surface area contributed by atoms with Gasteiger partial charge in [-0.2, -0.15) is 28.6 Å². The quantitative estimate of drug-likeness (QED) is 0.759. The Balaban J connectivity index is 1.74. The van der Waals surface area contributed by atoms with Gasteiger partial charge in [-0.05, 0) is 68.0 Å². The Hall–Kier alpha value is -2.35. The molecule has 1 atom stereocenters. The Morgan fingerprint density at radius 1 is 1.07 bits per heavy atom. The van der Waals surface area contributed by atoms with Crippen LogP contribution in [0.4, 0.5) is 13.2 Å². The number of alkyl halides is 3. The van der Waals surface area contributed by atoms with Crippen LogP contribution in [0.25, 0.3) is 5.70 Å². The van der Waals surface area contributed by atoms with Crippen molar-refractivity contribution in [2.75, 3.05) is 33.2 Å². The van der Waals surface area contributed by atoms with Gasteiger partial charge in [-0.3, -0.25) is 0 Å². The van der Waals surface area contributed by atoms with Crippen LogP contribution in [-0.4, -0.2) is 58.4 Å². The van der Waals surface area contributed by atoms with Crippen LogP contribution in [0.2, 0.25) is 0 Å². The number of nitrogens with one attached hydrogen (secondary N) is 1. The average molecular weight is 419 g/mol. The Morgan fingerprint density at radius 3 is 2.50 bits per heavy atom. The van der Waals surface area contributed by atoms with Crippen molar-refractivity contribution >= 4 is 5.70 Å². The lowest BCUT2D eigenvalue weighted by Crippen LogP contribution is -2.43. The molecule has 0 saturated carbocycles. The Kier molecular flexibility index (Phi) is 5.61. The first-order chi connectivity index (χ1) is 14.2. The van der Waals surface area contributed by atoms with Crippen molar-refractivity contribution < 1.29 is 13.2 Å². The highest BCUT2D eigenvalue weighted by molar-refractivity contribution is 5.63. The fourth-order valence-corrected chi connectivity index (χ4v) is 4.66. The molecule has 1 saturated heterocycles. The van der Waals surface area contributed by atoms with Gasteiger partial charge in [-0.15, -0.1) is 0 Å². The molecule has 2 heterocycles. The van der Waals surface area contributed by atoms with Crippen molar-refractivity contribution in [3.05, 3.63) is 51.9 Å². The van der Waals surface area contributed by atoms with Gasteiger partial charge < -0.3 is 9.80 Å². The lowest BCUT2D eigenvalue weighted by molar-refractivity contribution is -0.137. The molecule has 30 heavy (non-hydrogen) atoms. The van der Waals surface area contributed by atoms with Crippen LogP contribution in [0.5, 0.6) is 0 Å². The third kappa shape index (κ3) is 4.10. The molecule has 162 valence electrons. The molecule has 1 aliphatic carbocycles. The Morgan fingerprint density at radius 2 is 1.80 bits per heavy atom. The van der Waals surface area contributed by atoms with E-state index < -0.39 is 11.7 Å². The minimum atomic E-state index is -4.34. The average Bonchev–Trinajstić information content (AvgIpc) is 3.14. The summed E-state index contributed by atoms with van der Waals surface area (Å²) >= 11 is 0. The molecule has 1 aromatic heterocycles. The van der Waals surface area contributed by atoms with Gasteiger partial charge in [-0.25, -0.2) is 0 Å². The second-order valence-electron chi connectivity index (χ2n) is 8.50. The number of piperazine rings is 1. The van der Waals surface area contributed by atoms with Gasteiger partial charge in [0.15, 0.2) is 0 Å². The zero-order valence-corrected chi connectivity index (χ0v) is 17.7. The number of hydrogen-bond donors (Lipinski definition) is 1. The summed E-state index contributed by atoms with van der Waals surface area (Å²) in [7, 11) is 2.12. The van der Waals surface area contributed by atoms with Gasteiger partial charge in [0.25, 0.3) is 0 Å². The number of hydrogen-bond acceptors (Lipinski definition) is 4. The molecule has 2 aliphatic rings. The first kappa shape index (κ1) is 20.9. The van der Waals surface area contributed by atoms with Crippen LogP contribution in [0.15, 0.2) is 18.2 Å². The summed E-state index contributed by atoms with van der Waals surface area (Å²) in [5.41, 5.74) is 4.67. The molecular formula is C22H28F3N5. The van der Waals surface area contributed by atoms with E-state index in [-0.39, 0.29) is 5.92 Å². The number of aryl methyl sites for hydroxylation is 3. The molecule has 1 unspecified atom stereocenters. The van der Waals surface area contributed by atoms with Gasteiger partial charge in [0, 0.05) is 26.2 Å². The fourth-order valence-electron chi connectivity index (χ4n) is 4.66. The number of H-pyrrole nitrogens is 1. The summed E-state index contributed by atoms with van der Waals surface area (Å²) < 4.78 is 40.2. The molecule has 0 spiro atoms. The van der Waals surface area contributed by atoms with Crippen molar-refractivity contribution in [1.82, 2.24) is 25.2 Å². The molecule has 2 aromatic rings. The van der Waals surface area contributed by atoms with Crippen molar-refractivity contribution in [2.45, 2.75) is 45.2 Å². The largest absolute Gasteiger partial charge is 0.416 e. The van der Waals surface area contributed by atoms with Gasteiger partial charge in [0.05, 0.1) is 17.0 Å². The lowest BCUT2D eigenvalue weighted by Gasteiger charge is -2.35. The van der Waals surface area contributed by atoms with Gasteiger partial charge >= 0.3 is 6.18 Å². The summed E-state index contributed by atoms with van der Waals surface area (Å²) in [4.78, 5) is 4.66. The minimum Gasteiger partial charge on any atom is -0.367 e. The number of likely N-dealkylation sites (N-methyl/N-ethyl adjacent to an activating group) is 1. The second-order valence-corrected chi connectivity index (χ2v) is 8.50. The lowest BCUT2D eigenvalue weighted by atomic mass is 9.84. The van der Waals surface area contributed by atoms with E-state index >= 15 is 0 Å². The third-order valence-corrected chi connectivity index (χ3v) is 6.30. The van der Waals surface area contributed by atoms with Crippen LogP contribution >= 0.6 is 0 Å². The van der Waals surface area contributed by atoms with Crippen LogP contribution < -0.4 is 0 Å². The first-order valence-corrected chi connectivity index (χ1v) is 10.5. The molecule has 1 fully saturated rings. The highest BCUT2D eigenvalue weighted by Gasteiger charge is 2.32. The maximum Gasteiger partial charge on any atom is 0.416 e. The third-order valence-electron chi connectivity index (χ3n) is 6.30. The zero-order chi connectivity index (χ0) is 21.5. The van der Waals surface area contributed by atoms with E-state index in [1.165, 1.54) is 12.1 Å². The number of fused-ring (bicyclic) bond motifs is 2. The smallest absolute Gasteiger partial charge is 0.367 e. The van der Waals surface area contributed by atoms with Crippen LogP contribution in [0.1, 0.15) is 52.9 Å². The maximum absolute atomic E-state index is 13.4. The topological polar surface area (TPSA) is 48.0 Å². The predicted molar refractivity (Wildman–Crippen MR) is 110 cm³/mol. The van der Waals surface area contributed by atoms with E-state index in [1.54, 1.807) is 6.92 Å². The number of allylic oxidation sites excluding steroid dienone is 1. The fraction of sp³-hybridized carbons (Fsp3) is 0.545. The maximum atomic E-state index is 13.4. The first-order valence-electron chi connectivity index (χ1n) is 10.5. The van der Waals surface area contributed by atoms with E-state index in [1.807, 2.05) is 0 Å². The van der Waals surface area contributed by atoms with Crippen molar-refractivity contribution in [3.8, 4) is 0 Å². The van der Waals surface area contributed by atoms with E-state index in [9.17, 15) is 13.2 Å². The molecule has 0 radical (unpaired) electrons. The van der Waals surface area contributed by atoms with E-state index in [0.717, 1.165) is 60.8 Å². The Labute approximate surface area is 174 Å². The summed E-state index contributed by atoms with van der Waals surface area (Å²) in [6.07, 6.45) is -0.333. The van der Waals surface area contributed by atoms with E-state index in [2.05, 4.69) is 45.3 Å². The molecule has 0 bridgehead atoms. The number of nitrogens with zero attached hydrogens (tertiary/aromatic N) is 4. The molecule has 1 aromatic carbocycles. The van der Waals surface area contributed by atoms with Gasteiger partial charge in [0.2, 0.25) is 0 Å². The molecular weight excluding hydrogens is 391 g/mol. The molecule has 0 amide bonds. The number of aromatic nitrogens is 3. The zero-order valence-electron chi connectivity index (χ0n) is 17.7. The van der Waals surface area contributed by atoms with Crippen molar-refractivity contribution in [2.24, 2.45) is 0 Å². The van der Waals surface area contributed by atoms with E-state index in [4.69, 9.17) is 0 Å². The summed E-state index contributed by atoms with van der Waals surface area (Å²) in [6.45, 7) is 7.72. The van der Waals surface area contributed by atoms with Gasteiger partial charge in [-0.1, -0.05) is 13.0 Å². The van der Waals surface area contributed by atoms with Crippen LogP contribution in [-0.2, 0) is 19.0 Å². The number of benzene rings is 1. The normalized spacial score (nSPS) is 22.8. The SMILES string of the molecule is Cc1cc(C(F)(F)F)cc2c1C(C)C/C=C(\N1CCN(C)CC1)c1n[nH]nc1CC2. The second kappa shape index (κ2) is 8.06. The van der Waals surface area contributed by atoms with Crippen molar-refractivity contribution in [1.29, 1.82) is 0 Å². The number of halogens is 3. The van der Waals surface area contributed by atoms with Gasteiger partial charge in [0.1, 0.15) is 5.69 Å². The van der Waals surface area contributed by atoms with Crippen molar-refractivity contribution in [3.63, 3.8) is 0 Å². The molecule has 5 nitrogen and oxygen atoms in total. The summed E-state index contributed by atoms with van der Waals surface area (Å²) in [5, 5.41) is 11.5. The Bertz CT molecular complexity index is 939. The predicted octanol–water partition coefficient (Wildman–Crippen LogP) is 4.01. The van der Waals surface area contributed by atoms with E-state index in [0.29, 0.717) is 18.4 Å². The monoisotopic (exact) mass is 419 g/mol. The molecule has 1 N–H and O–H groups in total. The van der Waals surface area contributed by atoms with Crippen LogP contribution in [0, 0.1) is 6.92 Å². The summed E-state index contributed by atoms with van der Waals surface area (Å²) in [6, 6.07) is 2.61. The molecule has 8 heteroatoms. The highest BCUT2D eigenvalue weighted by Crippen LogP contribution is 2.37. The summed E-state index contributed by atoms with van der Waals surface area (Å²) in [5.74, 6) is 0.123. The molecule has 4 rings (SSSR count). The standard InChI is InChI=1S/C22H28F3N5/c1-14-4-7-19(30-10-8-29(3)9-11-30)21-18(26-28-27-21)6-5-16-13-17(22(23,24)25)12-15(2)20(14)16/h7,12-14H,4-6,8-11H2,1-3H3,(H,26,27,28)/b19-7-. The number of aromatic amines is 1. The van der Waals surface area contributed by atoms with Crippen LogP contribution in [0.3, 0.4) is 0 Å². The number of rotatable bonds is 1. The highest BCUT2D eigenvalue weighted by atomic mass is 19.4. The molecule has 1 aliphatic heterocycles. The minimum absolute atomic E-state index is 0.123.